The Labute approximate surface area is 118 Å². The second kappa shape index (κ2) is 5.17. The van der Waals surface area contributed by atoms with Crippen LogP contribution in [0.4, 0.5) is 4.39 Å². The molecule has 0 atom stereocenters. The van der Waals surface area contributed by atoms with E-state index in [-0.39, 0.29) is 23.1 Å². The number of benzene rings is 1. The normalized spacial score (nSPS) is 20.6. The number of halogens is 1. The Kier molecular flexibility index (Phi) is 3.50. The number of hydrogen-bond acceptors (Lipinski definition) is 2. The maximum atomic E-state index is 13.7. The van der Waals surface area contributed by atoms with Crippen LogP contribution in [0.3, 0.4) is 0 Å². The molecule has 1 aliphatic carbocycles. The molecule has 2 aliphatic rings. The second-order valence-corrected chi connectivity index (χ2v) is 6.13. The first-order valence-corrected chi connectivity index (χ1v) is 7.15. The maximum absolute atomic E-state index is 13.7. The van der Waals surface area contributed by atoms with Crippen molar-refractivity contribution in [2.45, 2.75) is 25.2 Å². The summed E-state index contributed by atoms with van der Waals surface area (Å²) in [6, 6.07) is 6.84. The number of likely N-dealkylation sites (tertiary alicyclic amines) is 1. The molecule has 1 aliphatic heterocycles. The number of rotatable bonds is 5. The van der Waals surface area contributed by atoms with Gasteiger partial charge in [0.2, 0.25) is 5.91 Å². The third-order valence-electron chi connectivity index (χ3n) is 4.51. The Morgan fingerprint density at radius 2 is 2.10 bits per heavy atom. The minimum atomic E-state index is -0.164. The number of ether oxygens (including phenoxy) is 1. The van der Waals surface area contributed by atoms with Gasteiger partial charge in [-0.15, -0.1) is 0 Å². The van der Waals surface area contributed by atoms with E-state index in [1.807, 2.05) is 17.0 Å². The van der Waals surface area contributed by atoms with Gasteiger partial charge < -0.3 is 9.64 Å². The number of nitrogens with zero attached hydrogens (tertiary/aromatic N) is 1. The molecule has 20 heavy (non-hydrogen) atoms. The summed E-state index contributed by atoms with van der Waals surface area (Å²) < 4.78 is 18.8. The van der Waals surface area contributed by atoms with E-state index in [0.717, 1.165) is 18.4 Å². The van der Waals surface area contributed by atoms with Crippen LogP contribution in [0.25, 0.3) is 0 Å². The van der Waals surface area contributed by atoms with Gasteiger partial charge in [-0.1, -0.05) is 18.2 Å². The fraction of sp³-hybridized carbons (Fsp3) is 0.562. The fourth-order valence-corrected chi connectivity index (χ4v) is 2.97. The Balaban J connectivity index is 1.53. The molecule has 3 nitrogen and oxygen atoms in total. The molecule has 0 bridgehead atoms. The van der Waals surface area contributed by atoms with Crippen LogP contribution in [-0.2, 0) is 9.53 Å². The predicted molar refractivity (Wildman–Crippen MR) is 73.9 cm³/mol. The lowest BCUT2D eigenvalue weighted by Crippen LogP contribution is -2.49. The summed E-state index contributed by atoms with van der Waals surface area (Å²) in [5, 5.41) is 0. The van der Waals surface area contributed by atoms with Crippen LogP contribution in [0.2, 0.25) is 0 Å². The number of carbonyl (C=O) groups is 1. The average Bonchev–Trinajstić information content (AvgIpc) is 3.10. The van der Waals surface area contributed by atoms with Gasteiger partial charge >= 0.3 is 0 Å². The second-order valence-electron chi connectivity index (χ2n) is 6.13. The van der Waals surface area contributed by atoms with Crippen molar-refractivity contribution >= 4 is 5.91 Å². The molecule has 2 fully saturated rings. The topological polar surface area (TPSA) is 29.5 Å². The van der Waals surface area contributed by atoms with Crippen molar-refractivity contribution in [2.75, 3.05) is 26.8 Å². The van der Waals surface area contributed by atoms with Crippen molar-refractivity contribution in [1.29, 1.82) is 0 Å². The van der Waals surface area contributed by atoms with E-state index in [0.29, 0.717) is 26.1 Å². The zero-order chi connectivity index (χ0) is 14.2. The molecular formula is C16H20FNO2. The molecule has 1 saturated carbocycles. The summed E-state index contributed by atoms with van der Waals surface area (Å²) in [6.45, 7) is 1.95. The molecule has 0 unspecified atom stereocenters. The smallest absolute Gasteiger partial charge is 0.223 e. The van der Waals surface area contributed by atoms with E-state index >= 15 is 0 Å². The van der Waals surface area contributed by atoms with Crippen molar-refractivity contribution in [3.63, 3.8) is 0 Å². The zero-order valence-corrected chi connectivity index (χ0v) is 11.8. The summed E-state index contributed by atoms with van der Waals surface area (Å²) >= 11 is 0. The third-order valence-corrected chi connectivity index (χ3v) is 4.51. The van der Waals surface area contributed by atoms with Crippen LogP contribution in [-0.4, -0.2) is 37.6 Å². The summed E-state index contributed by atoms with van der Waals surface area (Å²) in [6.07, 6.45) is 2.74. The Bertz CT molecular complexity index is 507. The van der Waals surface area contributed by atoms with Gasteiger partial charge in [0.15, 0.2) is 0 Å². The highest BCUT2D eigenvalue weighted by atomic mass is 19.1. The molecular weight excluding hydrogens is 257 g/mol. The van der Waals surface area contributed by atoms with Crippen molar-refractivity contribution in [3.05, 3.63) is 35.6 Å². The SMILES string of the molecule is COCC1(CC(=O)N2CC(c3ccccc3F)C2)CC1. The number of hydrogen-bond donors (Lipinski definition) is 0. The standard InChI is InChI=1S/C16H20FNO2/c1-20-11-16(6-7-16)8-15(19)18-9-12(10-18)13-4-2-3-5-14(13)17/h2-5,12H,6-11H2,1H3. The molecule has 1 saturated heterocycles. The summed E-state index contributed by atoms with van der Waals surface area (Å²) in [4.78, 5) is 14.0. The highest BCUT2D eigenvalue weighted by Crippen LogP contribution is 2.49. The van der Waals surface area contributed by atoms with E-state index in [9.17, 15) is 9.18 Å². The summed E-state index contributed by atoms with van der Waals surface area (Å²) in [5.74, 6) is 0.174. The van der Waals surface area contributed by atoms with Gasteiger partial charge in [0.1, 0.15) is 5.82 Å². The van der Waals surface area contributed by atoms with Gasteiger partial charge in [0.05, 0.1) is 6.61 Å². The highest BCUT2D eigenvalue weighted by Gasteiger charge is 2.46. The fourth-order valence-electron chi connectivity index (χ4n) is 2.97. The molecule has 108 valence electrons. The van der Waals surface area contributed by atoms with E-state index in [1.54, 1.807) is 13.2 Å². The Hall–Kier alpha value is -1.42. The zero-order valence-electron chi connectivity index (χ0n) is 11.8. The molecule has 3 rings (SSSR count). The van der Waals surface area contributed by atoms with Gasteiger partial charge in [-0.05, 0) is 24.5 Å². The van der Waals surface area contributed by atoms with Crippen LogP contribution in [0.5, 0.6) is 0 Å². The van der Waals surface area contributed by atoms with E-state index in [2.05, 4.69) is 0 Å². The van der Waals surface area contributed by atoms with Crippen LogP contribution < -0.4 is 0 Å². The van der Waals surface area contributed by atoms with Crippen LogP contribution in [0.15, 0.2) is 24.3 Å². The van der Waals surface area contributed by atoms with E-state index < -0.39 is 0 Å². The van der Waals surface area contributed by atoms with Gasteiger partial charge in [0, 0.05) is 38.0 Å². The predicted octanol–water partition coefficient (Wildman–Crippen LogP) is 2.57. The minimum Gasteiger partial charge on any atom is -0.384 e. The van der Waals surface area contributed by atoms with Gasteiger partial charge in [0.25, 0.3) is 0 Å². The largest absolute Gasteiger partial charge is 0.384 e. The monoisotopic (exact) mass is 277 g/mol. The van der Waals surface area contributed by atoms with Crippen molar-refractivity contribution in [1.82, 2.24) is 4.90 Å². The van der Waals surface area contributed by atoms with Crippen LogP contribution in [0, 0.1) is 11.2 Å². The van der Waals surface area contributed by atoms with E-state index in [4.69, 9.17) is 4.74 Å². The lowest BCUT2D eigenvalue weighted by atomic mass is 9.90. The molecule has 0 spiro atoms. The molecule has 0 N–H and O–H groups in total. The molecule has 1 heterocycles. The van der Waals surface area contributed by atoms with Gasteiger partial charge in [-0.25, -0.2) is 4.39 Å². The molecule has 1 aromatic carbocycles. The lowest BCUT2D eigenvalue weighted by molar-refractivity contribution is -0.137. The van der Waals surface area contributed by atoms with Crippen molar-refractivity contribution < 1.29 is 13.9 Å². The first-order valence-electron chi connectivity index (χ1n) is 7.15. The van der Waals surface area contributed by atoms with Crippen LogP contribution >= 0.6 is 0 Å². The first kappa shape index (κ1) is 13.6. The summed E-state index contributed by atoms with van der Waals surface area (Å²) in [5.41, 5.74) is 0.823. The van der Waals surface area contributed by atoms with Gasteiger partial charge in [-0.3, -0.25) is 4.79 Å². The van der Waals surface area contributed by atoms with Crippen molar-refractivity contribution in [2.24, 2.45) is 5.41 Å². The molecule has 1 amide bonds. The molecule has 1 aromatic rings. The Morgan fingerprint density at radius 1 is 1.40 bits per heavy atom. The third kappa shape index (κ3) is 2.57. The van der Waals surface area contributed by atoms with E-state index in [1.165, 1.54) is 6.07 Å². The maximum Gasteiger partial charge on any atom is 0.223 e. The molecule has 0 radical (unpaired) electrons. The van der Waals surface area contributed by atoms with Crippen LogP contribution in [0.1, 0.15) is 30.7 Å². The molecule has 0 aromatic heterocycles. The van der Waals surface area contributed by atoms with Crippen molar-refractivity contribution in [3.8, 4) is 0 Å². The average molecular weight is 277 g/mol. The number of methoxy groups -OCH3 is 1. The Morgan fingerprint density at radius 3 is 2.70 bits per heavy atom. The van der Waals surface area contributed by atoms with Gasteiger partial charge in [-0.2, -0.15) is 0 Å². The molecule has 4 heteroatoms. The lowest BCUT2D eigenvalue weighted by Gasteiger charge is -2.40. The first-order chi connectivity index (χ1) is 9.63. The number of amides is 1. The quantitative estimate of drug-likeness (QED) is 0.828. The number of carbonyl (C=O) groups excluding carboxylic acids is 1. The minimum absolute atomic E-state index is 0.0922. The summed E-state index contributed by atoms with van der Waals surface area (Å²) in [7, 11) is 1.68. The highest BCUT2D eigenvalue weighted by molar-refractivity contribution is 5.78.